The van der Waals surface area contributed by atoms with E-state index < -0.39 is 0 Å². The summed E-state index contributed by atoms with van der Waals surface area (Å²) in [5, 5.41) is 3.07. The third-order valence-corrected chi connectivity index (χ3v) is 4.44. The number of ether oxygens (including phenoxy) is 1. The quantitative estimate of drug-likeness (QED) is 0.852. The van der Waals surface area contributed by atoms with Crippen molar-refractivity contribution >= 4 is 28.9 Å². The van der Waals surface area contributed by atoms with E-state index in [1.807, 2.05) is 4.90 Å². The summed E-state index contributed by atoms with van der Waals surface area (Å²) >= 11 is 5.97. The van der Waals surface area contributed by atoms with Gasteiger partial charge in [0.2, 0.25) is 0 Å². The number of nitrogens with one attached hydrogen (secondary N) is 1. The van der Waals surface area contributed by atoms with E-state index in [2.05, 4.69) is 5.32 Å². The Bertz CT molecular complexity index is 748. The lowest BCUT2D eigenvalue weighted by molar-refractivity contribution is -0.118. The second-order valence-electron chi connectivity index (χ2n) is 5.98. The Morgan fingerprint density at radius 1 is 1.16 bits per heavy atom. The molecular formula is C19H20ClFN2O2. The predicted molar refractivity (Wildman–Crippen MR) is 98.0 cm³/mol. The first-order valence-corrected chi connectivity index (χ1v) is 8.73. The minimum absolute atomic E-state index is 0.195. The minimum Gasteiger partial charge on any atom is -0.482 e. The number of hydrogen-bond acceptors (Lipinski definition) is 3. The zero-order valence-corrected chi connectivity index (χ0v) is 14.6. The van der Waals surface area contributed by atoms with Gasteiger partial charge in [0.1, 0.15) is 11.6 Å². The summed E-state index contributed by atoms with van der Waals surface area (Å²) in [6.07, 6.45) is 3.35. The molecule has 0 saturated carbocycles. The van der Waals surface area contributed by atoms with E-state index in [0.717, 1.165) is 25.9 Å². The first-order valence-electron chi connectivity index (χ1n) is 8.35. The maximum atomic E-state index is 14.3. The lowest BCUT2D eigenvalue weighted by atomic mass is 10.1. The third kappa shape index (κ3) is 4.63. The number of rotatable bonds is 5. The molecule has 6 heteroatoms. The Kier molecular flexibility index (Phi) is 5.76. The molecule has 132 valence electrons. The number of halogens is 2. The van der Waals surface area contributed by atoms with Gasteiger partial charge in [-0.25, -0.2) is 4.39 Å². The maximum Gasteiger partial charge on any atom is 0.262 e. The molecule has 1 aliphatic rings. The first-order chi connectivity index (χ1) is 12.1. The van der Waals surface area contributed by atoms with Crippen LogP contribution in [0.3, 0.4) is 0 Å². The SMILES string of the molecule is O=C(COc1ccccc1Cl)Nc1ccc(N2CCCCC2)c(F)c1. The fraction of sp³-hybridized carbons (Fsp3) is 0.316. The van der Waals surface area contributed by atoms with Gasteiger partial charge in [-0.15, -0.1) is 0 Å². The summed E-state index contributed by atoms with van der Waals surface area (Å²) in [5.74, 6) is -0.261. The van der Waals surface area contributed by atoms with E-state index in [0.29, 0.717) is 22.1 Å². The Morgan fingerprint density at radius 3 is 2.64 bits per heavy atom. The van der Waals surface area contributed by atoms with Crippen LogP contribution in [0.4, 0.5) is 15.8 Å². The molecule has 1 saturated heterocycles. The number of carbonyl (C=O) groups excluding carboxylic acids is 1. The standard InChI is InChI=1S/C19H20ClFN2O2/c20-15-6-2-3-7-18(15)25-13-19(24)22-14-8-9-17(16(21)12-14)23-10-4-1-5-11-23/h2-3,6-9,12H,1,4-5,10-11,13H2,(H,22,24). The molecular weight excluding hydrogens is 343 g/mol. The number of piperidine rings is 1. The van der Waals surface area contributed by atoms with Crippen LogP contribution in [-0.2, 0) is 4.79 Å². The number of hydrogen-bond donors (Lipinski definition) is 1. The van der Waals surface area contributed by atoms with Crippen molar-refractivity contribution in [1.29, 1.82) is 0 Å². The highest BCUT2D eigenvalue weighted by atomic mass is 35.5. The Balaban J connectivity index is 1.58. The van der Waals surface area contributed by atoms with E-state index in [9.17, 15) is 9.18 Å². The average Bonchev–Trinajstić information content (AvgIpc) is 2.62. The van der Waals surface area contributed by atoms with Gasteiger partial charge in [0.05, 0.1) is 10.7 Å². The molecule has 2 aromatic rings. The summed E-state index contributed by atoms with van der Waals surface area (Å²) in [6.45, 7) is 1.54. The molecule has 0 atom stereocenters. The topological polar surface area (TPSA) is 41.6 Å². The van der Waals surface area contributed by atoms with Crippen molar-refractivity contribution in [2.45, 2.75) is 19.3 Å². The lowest BCUT2D eigenvalue weighted by Crippen LogP contribution is -2.30. The fourth-order valence-electron chi connectivity index (χ4n) is 2.88. The second kappa shape index (κ2) is 8.21. The van der Waals surface area contributed by atoms with Gasteiger partial charge in [0, 0.05) is 18.8 Å². The van der Waals surface area contributed by atoms with E-state index in [1.165, 1.54) is 12.5 Å². The zero-order valence-electron chi connectivity index (χ0n) is 13.8. The highest BCUT2D eigenvalue weighted by Gasteiger charge is 2.15. The zero-order chi connectivity index (χ0) is 17.6. The van der Waals surface area contributed by atoms with Gasteiger partial charge in [-0.1, -0.05) is 23.7 Å². The van der Waals surface area contributed by atoms with Crippen molar-refractivity contribution in [3.05, 3.63) is 53.3 Å². The molecule has 0 radical (unpaired) electrons. The van der Waals surface area contributed by atoms with Crippen LogP contribution in [0.2, 0.25) is 5.02 Å². The average molecular weight is 363 g/mol. The molecule has 3 rings (SSSR count). The van der Waals surface area contributed by atoms with E-state index in [4.69, 9.17) is 16.3 Å². The van der Waals surface area contributed by atoms with Gasteiger partial charge in [-0.3, -0.25) is 4.79 Å². The summed E-state index contributed by atoms with van der Waals surface area (Å²) in [6, 6.07) is 11.7. The van der Waals surface area contributed by atoms with Gasteiger partial charge in [0.25, 0.3) is 5.91 Å². The monoisotopic (exact) mass is 362 g/mol. The molecule has 1 fully saturated rings. The van der Waals surface area contributed by atoms with E-state index >= 15 is 0 Å². The molecule has 2 aromatic carbocycles. The Hall–Kier alpha value is -2.27. The van der Waals surface area contributed by atoms with Crippen molar-refractivity contribution in [2.24, 2.45) is 0 Å². The molecule has 1 aliphatic heterocycles. The smallest absolute Gasteiger partial charge is 0.262 e. The van der Waals surface area contributed by atoms with Gasteiger partial charge in [0.15, 0.2) is 6.61 Å². The van der Waals surface area contributed by atoms with Gasteiger partial charge in [-0.2, -0.15) is 0 Å². The molecule has 0 bridgehead atoms. The normalized spacial score (nSPS) is 14.2. The Labute approximate surface area is 151 Å². The fourth-order valence-corrected chi connectivity index (χ4v) is 3.07. The van der Waals surface area contributed by atoms with Gasteiger partial charge >= 0.3 is 0 Å². The number of carbonyl (C=O) groups is 1. The number of para-hydroxylation sites is 1. The highest BCUT2D eigenvalue weighted by molar-refractivity contribution is 6.32. The number of amides is 1. The van der Waals surface area contributed by atoms with Crippen LogP contribution < -0.4 is 15.0 Å². The van der Waals surface area contributed by atoms with Crippen molar-refractivity contribution in [2.75, 3.05) is 29.9 Å². The van der Waals surface area contributed by atoms with Crippen molar-refractivity contribution < 1.29 is 13.9 Å². The molecule has 0 unspecified atom stereocenters. The molecule has 1 heterocycles. The van der Waals surface area contributed by atoms with Crippen LogP contribution in [0.25, 0.3) is 0 Å². The number of anilines is 2. The second-order valence-corrected chi connectivity index (χ2v) is 6.39. The van der Waals surface area contributed by atoms with Crippen LogP contribution in [0, 0.1) is 5.82 Å². The molecule has 1 N–H and O–H groups in total. The summed E-state index contributed by atoms with van der Waals surface area (Å²) in [5.41, 5.74) is 0.996. The van der Waals surface area contributed by atoms with E-state index in [-0.39, 0.29) is 18.3 Å². The van der Waals surface area contributed by atoms with Crippen LogP contribution in [0.5, 0.6) is 5.75 Å². The Morgan fingerprint density at radius 2 is 1.92 bits per heavy atom. The van der Waals surface area contributed by atoms with Crippen molar-refractivity contribution in [3.63, 3.8) is 0 Å². The van der Waals surface area contributed by atoms with Crippen molar-refractivity contribution in [3.8, 4) is 5.75 Å². The van der Waals surface area contributed by atoms with Gasteiger partial charge < -0.3 is 15.0 Å². The molecule has 25 heavy (non-hydrogen) atoms. The summed E-state index contributed by atoms with van der Waals surface area (Å²) in [7, 11) is 0. The highest BCUT2D eigenvalue weighted by Crippen LogP contribution is 2.26. The van der Waals surface area contributed by atoms with Gasteiger partial charge in [-0.05, 0) is 49.6 Å². The molecule has 0 aromatic heterocycles. The van der Waals surface area contributed by atoms with Crippen molar-refractivity contribution in [1.82, 2.24) is 0 Å². The van der Waals surface area contributed by atoms with Crippen LogP contribution in [0.1, 0.15) is 19.3 Å². The first kappa shape index (κ1) is 17.5. The van der Waals surface area contributed by atoms with Crippen LogP contribution >= 0.6 is 11.6 Å². The lowest BCUT2D eigenvalue weighted by Gasteiger charge is -2.29. The molecule has 0 spiro atoms. The number of benzene rings is 2. The summed E-state index contributed by atoms with van der Waals surface area (Å²) < 4.78 is 19.7. The maximum absolute atomic E-state index is 14.3. The molecule has 0 aliphatic carbocycles. The predicted octanol–water partition coefficient (Wildman–Crippen LogP) is 4.49. The number of nitrogens with zero attached hydrogens (tertiary/aromatic N) is 1. The largest absolute Gasteiger partial charge is 0.482 e. The summed E-state index contributed by atoms with van der Waals surface area (Å²) in [4.78, 5) is 14.0. The van der Waals surface area contributed by atoms with Crippen LogP contribution in [0.15, 0.2) is 42.5 Å². The van der Waals surface area contributed by atoms with E-state index in [1.54, 1.807) is 36.4 Å². The van der Waals surface area contributed by atoms with Crippen LogP contribution in [-0.4, -0.2) is 25.6 Å². The molecule has 4 nitrogen and oxygen atoms in total. The third-order valence-electron chi connectivity index (χ3n) is 4.12. The molecule has 1 amide bonds. The minimum atomic E-state index is -0.370.